The number of hydrogen-bond acceptors (Lipinski definition) is 5. The highest BCUT2D eigenvalue weighted by Gasteiger charge is 2.24. The SMILES string of the molecule is CN(c1ccc(O)cc1)S(=O)(=O)c1cccnc1CN. The number of nitrogens with zero attached hydrogens (tertiary/aromatic N) is 2. The topological polar surface area (TPSA) is 96.5 Å². The average molecular weight is 293 g/mol. The predicted octanol–water partition coefficient (Wildman–Crippen LogP) is 1.07. The number of pyridine rings is 1. The van der Waals surface area contributed by atoms with Gasteiger partial charge in [-0.25, -0.2) is 8.42 Å². The van der Waals surface area contributed by atoms with E-state index in [4.69, 9.17) is 5.73 Å². The molecule has 0 bridgehead atoms. The van der Waals surface area contributed by atoms with Gasteiger partial charge in [-0.05, 0) is 36.4 Å². The maximum absolute atomic E-state index is 12.6. The minimum atomic E-state index is -3.74. The largest absolute Gasteiger partial charge is 0.508 e. The zero-order valence-electron chi connectivity index (χ0n) is 10.9. The van der Waals surface area contributed by atoms with Crippen molar-refractivity contribution in [2.75, 3.05) is 11.4 Å². The van der Waals surface area contributed by atoms with Crippen molar-refractivity contribution >= 4 is 15.7 Å². The van der Waals surface area contributed by atoms with E-state index in [2.05, 4.69) is 4.98 Å². The van der Waals surface area contributed by atoms with Crippen molar-refractivity contribution in [2.45, 2.75) is 11.4 Å². The lowest BCUT2D eigenvalue weighted by Crippen LogP contribution is -2.28. The highest BCUT2D eigenvalue weighted by molar-refractivity contribution is 7.92. The molecule has 6 nitrogen and oxygen atoms in total. The summed E-state index contributed by atoms with van der Waals surface area (Å²) in [7, 11) is -2.30. The lowest BCUT2D eigenvalue weighted by molar-refractivity contribution is 0.475. The third kappa shape index (κ3) is 2.59. The van der Waals surface area contributed by atoms with E-state index in [9.17, 15) is 13.5 Å². The Kier molecular flexibility index (Phi) is 3.91. The summed E-state index contributed by atoms with van der Waals surface area (Å²) in [6.45, 7) is 0.0405. The molecule has 7 heteroatoms. The van der Waals surface area contributed by atoms with Crippen LogP contribution in [-0.4, -0.2) is 25.6 Å². The second kappa shape index (κ2) is 5.48. The molecule has 1 aromatic carbocycles. The molecule has 0 aliphatic rings. The van der Waals surface area contributed by atoms with Crippen molar-refractivity contribution in [3.63, 3.8) is 0 Å². The molecule has 0 saturated carbocycles. The minimum Gasteiger partial charge on any atom is -0.508 e. The molecular formula is C13H15N3O3S. The maximum Gasteiger partial charge on any atom is 0.265 e. The zero-order valence-corrected chi connectivity index (χ0v) is 11.7. The molecule has 0 atom stereocenters. The molecular weight excluding hydrogens is 278 g/mol. The quantitative estimate of drug-likeness (QED) is 0.879. The summed E-state index contributed by atoms with van der Waals surface area (Å²) < 4.78 is 26.3. The van der Waals surface area contributed by atoms with Crippen molar-refractivity contribution in [1.29, 1.82) is 0 Å². The highest BCUT2D eigenvalue weighted by Crippen LogP contribution is 2.24. The Morgan fingerprint density at radius 3 is 2.50 bits per heavy atom. The number of rotatable bonds is 4. The smallest absolute Gasteiger partial charge is 0.265 e. The second-order valence-corrected chi connectivity index (χ2v) is 6.08. The summed E-state index contributed by atoms with van der Waals surface area (Å²) in [4.78, 5) is 4.06. The molecule has 20 heavy (non-hydrogen) atoms. The standard InChI is InChI=1S/C13H15N3O3S/c1-16(10-4-6-11(17)7-5-10)20(18,19)13-3-2-8-15-12(13)9-14/h2-8,17H,9,14H2,1H3. The number of phenols is 1. The van der Waals surface area contributed by atoms with E-state index >= 15 is 0 Å². The first kappa shape index (κ1) is 14.3. The zero-order chi connectivity index (χ0) is 14.8. The van der Waals surface area contributed by atoms with Crippen molar-refractivity contribution in [1.82, 2.24) is 4.98 Å². The molecule has 1 aromatic heterocycles. The lowest BCUT2D eigenvalue weighted by Gasteiger charge is -2.20. The monoisotopic (exact) mass is 293 g/mol. The van der Waals surface area contributed by atoms with Crippen LogP contribution in [-0.2, 0) is 16.6 Å². The van der Waals surface area contributed by atoms with Crippen LogP contribution in [0.3, 0.4) is 0 Å². The Morgan fingerprint density at radius 2 is 1.90 bits per heavy atom. The number of phenolic OH excluding ortho intramolecular Hbond substituents is 1. The van der Waals surface area contributed by atoms with Crippen LogP contribution in [0, 0.1) is 0 Å². The van der Waals surface area contributed by atoms with Crippen LogP contribution in [0.15, 0.2) is 47.5 Å². The van der Waals surface area contributed by atoms with Crippen LogP contribution in [0.5, 0.6) is 5.75 Å². The number of aromatic nitrogens is 1. The number of nitrogens with two attached hydrogens (primary N) is 1. The number of hydrogen-bond donors (Lipinski definition) is 2. The predicted molar refractivity (Wildman–Crippen MR) is 75.8 cm³/mol. The van der Waals surface area contributed by atoms with Gasteiger partial charge in [-0.1, -0.05) is 0 Å². The third-order valence-electron chi connectivity index (χ3n) is 2.89. The molecule has 0 aliphatic heterocycles. The van der Waals surface area contributed by atoms with E-state index < -0.39 is 10.0 Å². The van der Waals surface area contributed by atoms with Crippen molar-refractivity contribution in [3.8, 4) is 5.75 Å². The van der Waals surface area contributed by atoms with Gasteiger partial charge in [0.2, 0.25) is 0 Å². The van der Waals surface area contributed by atoms with Crippen LogP contribution >= 0.6 is 0 Å². The van der Waals surface area contributed by atoms with E-state index in [1.165, 1.54) is 43.6 Å². The molecule has 2 rings (SSSR count). The van der Waals surface area contributed by atoms with E-state index in [0.29, 0.717) is 11.4 Å². The molecule has 0 spiro atoms. The molecule has 1 heterocycles. The van der Waals surface area contributed by atoms with Gasteiger partial charge >= 0.3 is 0 Å². The third-order valence-corrected chi connectivity index (χ3v) is 4.75. The molecule has 0 radical (unpaired) electrons. The summed E-state index contributed by atoms with van der Waals surface area (Å²) in [5.41, 5.74) is 6.28. The lowest BCUT2D eigenvalue weighted by atomic mass is 10.3. The minimum absolute atomic E-state index is 0.0405. The fourth-order valence-electron chi connectivity index (χ4n) is 1.76. The van der Waals surface area contributed by atoms with E-state index in [1.807, 2.05) is 0 Å². The summed E-state index contributed by atoms with van der Waals surface area (Å²) in [6, 6.07) is 8.91. The van der Waals surface area contributed by atoms with Gasteiger partial charge in [-0.2, -0.15) is 0 Å². The van der Waals surface area contributed by atoms with Crippen molar-refractivity contribution in [2.24, 2.45) is 5.73 Å². The van der Waals surface area contributed by atoms with Crippen molar-refractivity contribution in [3.05, 3.63) is 48.3 Å². The Balaban J connectivity index is 2.46. The van der Waals surface area contributed by atoms with Gasteiger partial charge in [-0.3, -0.25) is 9.29 Å². The first-order valence-corrected chi connectivity index (χ1v) is 7.32. The number of aromatic hydroxyl groups is 1. The molecule has 2 aromatic rings. The molecule has 0 amide bonds. The average Bonchev–Trinajstić information content (AvgIpc) is 2.47. The first-order valence-electron chi connectivity index (χ1n) is 5.88. The van der Waals surface area contributed by atoms with Gasteiger partial charge in [-0.15, -0.1) is 0 Å². The van der Waals surface area contributed by atoms with Gasteiger partial charge in [0.1, 0.15) is 10.6 Å². The summed E-state index contributed by atoms with van der Waals surface area (Å²) in [6.07, 6.45) is 1.50. The van der Waals surface area contributed by atoms with Crippen LogP contribution in [0.4, 0.5) is 5.69 Å². The van der Waals surface area contributed by atoms with E-state index in [0.717, 1.165) is 4.31 Å². The number of sulfonamides is 1. The Bertz CT molecular complexity index is 699. The van der Waals surface area contributed by atoms with E-state index in [1.54, 1.807) is 6.07 Å². The molecule has 0 unspecified atom stereocenters. The van der Waals surface area contributed by atoms with Crippen molar-refractivity contribution < 1.29 is 13.5 Å². The van der Waals surface area contributed by atoms with Gasteiger partial charge in [0.25, 0.3) is 10.0 Å². The summed E-state index contributed by atoms with van der Waals surface area (Å²) >= 11 is 0. The Labute approximate surface area is 117 Å². The van der Waals surface area contributed by atoms with Gasteiger partial charge < -0.3 is 10.8 Å². The van der Waals surface area contributed by atoms with Crippen LogP contribution in [0.25, 0.3) is 0 Å². The highest BCUT2D eigenvalue weighted by atomic mass is 32.2. The van der Waals surface area contributed by atoms with Gasteiger partial charge in [0, 0.05) is 19.8 Å². The molecule has 0 fully saturated rings. The van der Waals surface area contributed by atoms with E-state index in [-0.39, 0.29) is 17.2 Å². The fraction of sp³-hybridized carbons (Fsp3) is 0.154. The van der Waals surface area contributed by atoms with Crippen LogP contribution < -0.4 is 10.0 Å². The molecule has 106 valence electrons. The van der Waals surface area contributed by atoms with Gasteiger partial charge in [0.15, 0.2) is 0 Å². The second-order valence-electron chi connectivity index (χ2n) is 4.14. The van der Waals surface area contributed by atoms with Gasteiger partial charge in [0.05, 0.1) is 11.4 Å². The maximum atomic E-state index is 12.6. The molecule has 0 saturated heterocycles. The Morgan fingerprint density at radius 1 is 1.25 bits per heavy atom. The fourth-order valence-corrected chi connectivity index (χ4v) is 3.14. The number of benzene rings is 1. The summed E-state index contributed by atoms with van der Waals surface area (Å²) in [5.74, 6) is 0.0728. The van der Waals surface area contributed by atoms with Crippen LogP contribution in [0.2, 0.25) is 0 Å². The normalized spacial score (nSPS) is 11.3. The summed E-state index contributed by atoms with van der Waals surface area (Å²) in [5, 5.41) is 9.25. The van der Waals surface area contributed by atoms with Crippen LogP contribution in [0.1, 0.15) is 5.69 Å². The first-order chi connectivity index (χ1) is 9.46. The Hall–Kier alpha value is -2.12. The number of anilines is 1. The molecule has 0 aliphatic carbocycles. The molecule has 3 N–H and O–H groups in total.